The fourth-order valence-electron chi connectivity index (χ4n) is 1.91. The maximum absolute atomic E-state index is 12.3. The molecule has 1 amide bonds. The van der Waals surface area contributed by atoms with Crippen LogP contribution in [0.25, 0.3) is 0 Å². The molecule has 0 saturated carbocycles. The number of aliphatic carboxylic acids is 1. The molecule has 1 aliphatic heterocycles. The molecule has 1 fully saturated rings. The minimum Gasteiger partial charge on any atom is -0.481 e. The molecule has 6 nitrogen and oxygen atoms in total. The second kappa shape index (κ2) is 6.34. The molecule has 1 unspecified atom stereocenters. The van der Waals surface area contributed by atoms with Gasteiger partial charge < -0.3 is 10.0 Å². The molecule has 0 aromatic heterocycles. The summed E-state index contributed by atoms with van der Waals surface area (Å²) in [5, 5.41) is 8.24. The van der Waals surface area contributed by atoms with Gasteiger partial charge in [0.05, 0.1) is 5.41 Å². The first-order valence-corrected chi connectivity index (χ1v) is 9.31. The van der Waals surface area contributed by atoms with Gasteiger partial charge in [-0.05, 0) is 13.8 Å². The average Bonchev–Trinajstić information content (AvgIpc) is 2.38. The Labute approximate surface area is 123 Å². The van der Waals surface area contributed by atoms with Crippen LogP contribution >= 0.6 is 11.8 Å². The smallest absolute Gasteiger partial charge is 0.309 e. The second-order valence-corrected chi connectivity index (χ2v) is 9.03. The third-order valence-corrected chi connectivity index (χ3v) is 6.68. The van der Waals surface area contributed by atoms with Gasteiger partial charge in [0.2, 0.25) is 5.91 Å². The van der Waals surface area contributed by atoms with Gasteiger partial charge in [0.1, 0.15) is 5.37 Å². The lowest BCUT2D eigenvalue weighted by Crippen LogP contribution is -2.51. The zero-order valence-electron chi connectivity index (χ0n) is 12.0. The molecule has 1 aliphatic rings. The molecule has 8 heteroatoms. The van der Waals surface area contributed by atoms with Crippen LogP contribution in [0.15, 0.2) is 0 Å². The van der Waals surface area contributed by atoms with Crippen molar-refractivity contribution in [1.82, 2.24) is 4.90 Å². The third-order valence-electron chi connectivity index (χ3n) is 3.39. The lowest BCUT2D eigenvalue weighted by atomic mass is 9.89. The first kappa shape index (κ1) is 17.3. The van der Waals surface area contributed by atoms with E-state index in [2.05, 4.69) is 0 Å². The molecule has 0 aromatic rings. The van der Waals surface area contributed by atoms with E-state index >= 15 is 0 Å². The highest BCUT2D eigenvalue weighted by Gasteiger charge is 2.39. The lowest BCUT2D eigenvalue weighted by molar-refractivity contribution is -0.151. The number of thioether (sulfide) groups is 1. The zero-order valence-corrected chi connectivity index (χ0v) is 13.6. The summed E-state index contributed by atoms with van der Waals surface area (Å²) in [6.07, 6.45) is -0.192. The molecule has 1 rings (SSSR count). The number of amides is 1. The fraction of sp³-hybridized carbons (Fsp3) is 0.833. The van der Waals surface area contributed by atoms with Crippen LogP contribution in [-0.2, 0) is 19.4 Å². The first-order chi connectivity index (χ1) is 9.12. The third kappa shape index (κ3) is 3.88. The summed E-state index contributed by atoms with van der Waals surface area (Å²) in [5.74, 6) is -0.457. The molecule has 1 N–H and O–H groups in total. The maximum Gasteiger partial charge on any atom is 0.309 e. The quantitative estimate of drug-likeness (QED) is 0.805. The van der Waals surface area contributed by atoms with E-state index in [0.717, 1.165) is 0 Å². The molecule has 1 saturated heterocycles. The Balaban J connectivity index is 2.91. The predicted octanol–water partition coefficient (Wildman–Crippen LogP) is 0.823. The van der Waals surface area contributed by atoms with Gasteiger partial charge in [0.25, 0.3) is 0 Å². The standard InChI is InChI=1S/C12H21NO5S2/c1-4-20(17,18)10-8-19-6-5-13(10)9(14)7-12(2,3)11(15)16/h10H,4-8H2,1-3H3,(H,15,16). The van der Waals surface area contributed by atoms with Gasteiger partial charge in [0, 0.05) is 30.2 Å². The summed E-state index contributed by atoms with van der Waals surface area (Å²) < 4.78 is 24.1. The highest BCUT2D eigenvalue weighted by atomic mass is 32.2. The Kier molecular flexibility index (Phi) is 5.48. The van der Waals surface area contributed by atoms with E-state index in [4.69, 9.17) is 5.11 Å². The SMILES string of the molecule is CCS(=O)(=O)C1CSCCN1C(=O)CC(C)(C)C(=O)O. The molecule has 0 aliphatic carbocycles. The summed E-state index contributed by atoms with van der Waals surface area (Å²) in [4.78, 5) is 24.7. The number of rotatable bonds is 5. The van der Waals surface area contributed by atoms with Gasteiger partial charge in [-0.15, -0.1) is 0 Å². The monoisotopic (exact) mass is 323 g/mol. The van der Waals surface area contributed by atoms with Gasteiger partial charge in [-0.1, -0.05) is 6.92 Å². The van der Waals surface area contributed by atoms with Crippen molar-refractivity contribution in [3.63, 3.8) is 0 Å². The van der Waals surface area contributed by atoms with Crippen LogP contribution in [0.4, 0.5) is 0 Å². The fourth-order valence-corrected chi connectivity index (χ4v) is 4.90. The number of carboxylic acid groups (broad SMARTS) is 1. The minimum absolute atomic E-state index is 0.0235. The van der Waals surface area contributed by atoms with Crippen LogP contribution < -0.4 is 0 Å². The summed E-state index contributed by atoms with van der Waals surface area (Å²) in [5.41, 5.74) is -1.19. The van der Waals surface area contributed by atoms with Crippen LogP contribution in [-0.4, -0.2) is 59.5 Å². The Bertz CT molecular complexity index is 486. The number of hydrogen-bond donors (Lipinski definition) is 1. The van der Waals surface area contributed by atoms with E-state index in [1.165, 1.54) is 30.5 Å². The van der Waals surface area contributed by atoms with Crippen LogP contribution in [0.5, 0.6) is 0 Å². The van der Waals surface area contributed by atoms with Crippen molar-refractivity contribution < 1.29 is 23.1 Å². The van der Waals surface area contributed by atoms with E-state index in [9.17, 15) is 18.0 Å². The van der Waals surface area contributed by atoms with E-state index in [1.807, 2.05) is 0 Å². The van der Waals surface area contributed by atoms with E-state index in [1.54, 1.807) is 6.92 Å². The van der Waals surface area contributed by atoms with Crippen molar-refractivity contribution in [1.29, 1.82) is 0 Å². The van der Waals surface area contributed by atoms with Crippen LogP contribution in [0.1, 0.15) is 27.2 Å². The topological polar surface area (TPSA) is 91.8 Å². The van der Waals surface area contributed by atoms with Crippen LogP contribution in [0, 0.1) is 5.41 Å². The number of carboxylic acids is 1. The lowest BCUT2D eigenvalue weighted by Gasteiger charge is -2.36. The number of carbonyl (C=O) groups is 2. The van der Waals surface area contributed by atoms with Crippen molar-refractivity contribution in [3.05, 3.63) is 0 Å². The molecule has 0 spiro atoms. The zero-order chi connectivity index (χ0) is 15.6. The Hall–Kier alpha value is -0.760. The molecule has 1 atom stereocenters. The van der Waals surface area contributed by atoms with E-state index in [0.29, 0.717) is 18.1 Å². The minimum atomic E-state index is -3.35. The van der Waals surface area contributed by atoms with Crippen LogP contribution in [0.2, 0.25) is 0 Å². The molecular formula is C12H21NO5S2. The second-order valence-electron chi connectivity index (χ2n) is 5.43. The normalized spacial score (nSPS) is 20.8. The molecule has 0 aromatic carbocycles. The number of carbonyl (C=O) groups excluding carboxylic acids is 1. The predicted molar refractivity (Wildman–Crippen MR) is 78.3 cm³/mol. The largest absolute Gasteiger partial charge is 0.481 e. The molecule has 0 bridgehead atoms. The molecule has 0 radical (unpaired) electrons. The number of sulfone groups is 1. The summed E-state index contributed by atoms with van der Waals surface area (Å²) in [6, 6.07) is 0. The van der Waals surface area contributed by atoms with Gasteiger partial charge in [-0.25, -0.2) is 8.42 Å². The van der Waals surface area contributed by atoms with Crippen molar-refractivity contribution in [2.24, 2.45) is 5.41 Å². The van der Waals surface area contributed by atoms with Crippen molar-refractivity contribution in [2.45, 2.75) is 32.6 Å². The van der Waals surface area contributed by atoms with Crippen LogP contribution in [0.3, 0.4) is 0 Å². The highest BCUT2D eigenvalue weighted by molar-refractivity contribution is 8.01. The molecule has 1 heterocycles. The molecule has 116 valence electrons. The van der Waals surface area contributed by atoms with Crippen molar-refractivity contribution in [2.75, 3.05) is 23.8 Å². The summed E-state index contributed by atoms with van der Waals surface area (Å²) in [6.45, 7) is 4.84. The van der Waals surface area contributed by atoms with Gasteiger partial charge in [-0.2, -0.15) is 11.8 Å². The van der Waals surface area contributed by atoms with E-state index in [-0.39, 0.29) is 12.2 Å². The van der Waals surface area contributed by atoms with Gasteiger partial charge >= 0.3 is 5.97 Å². The average molecular weight is 323 g/mol. The van der Waals surface area contributed by atoms with Crippen molar-refractivity contribution in [3.8, 4) is 0 Å². The number of nitrogens with zero attached hydrogens (tertiary/aromatic N) is 1. The van der Waals surface area contributed by atoms with E-state index < -0.39 is 32.5 Å². The Morgan fingerprint density at radius 1 is 1.40 bits per heavy atom. The summed E-state index contributed by atoms with van der Waals surface area (Å²) in [7, 11) is -3.35. The van der Waals surface area contributed by atoms with Gasteiger partial charge in [0.15, 0.2) is 9.84 Å². The summed E-state index contributed by atoms with van der Waals surface area (Å²) >= 11 is 1.50. The Morgan fingerprint density at radius 3 is 2.50 bits per heavy atom. The Morgan fingerprint density at radius 2 is 2.00 bits per heavy atom. The highest BCUT2D eigenvalue weighted by Crippen LogP contribution is 2.27. The maximum atomic E-state index is 12.3. The first-order valence-electron chi connectivity index (χ1n) is 6.44. The number of hydrogen-bond acceptors (Lipinski definition) is 5. The van der Waals surface area contributed by atoms with Gasteiger partial charge in [-0.3, -0.25) is 9.59 Å². The molecule has 20 heavy (non-hydrogen) atoms. The molecular weight excluding hydrogens is 302 g/mol. The van der Waals surface area contributed by atoms with Crippen molar-refractivity contribution >= 4 is 33.5 Å².